The third-order valence-electron chi connectivity index (χ3n) is 2.96. The fourth-order valence-electron chi connectivity index (χ4n) is 1.73. The standard InChI is InChI=1S/C16H33N3O5/c1-16(2)4-3-6-20-8-10-22-12-14-24-15-13-23-11-9-21-7-5-18-19-17/h16H,3-15H2,1-2H3. The summed E-state index contributed by atoms with van der Waals surface area (Å²) in [6, 6.07) is 0. The van der Waals surface area contributed by atoms with E-state index >= 15 is 0 Å². The van der Waals surface area contributed by atoms with E-state index in [0.29, 0.717) is 66.0 Å². The molecule has 0 saturated heterocycles. The van der Waals surface area contributed by atoms with Gasteiger partial charge in [-0.3, -0.25) is 0 Å². The van der Waals surface area contributed by atoms with Gasteiger partial charge in [0, 0.05) is 18.1 Å². The molecule has 0 unspecified atom stereocenters. The van der Waals surface area contributed by atoms with Gasteiger partial charge in [0.25, 0.3) is 0 Å². The molecule has 142 valence electrons. The summed E-state index contributed by atoms with van der Waals surface area (Å²) in [5, 5.41) is 3.36. The Morgan fingerprint density at radius 2 is 1.12 bits per heavy atom. The molecule has 0 aliphatic heterocycles. The van der Waals surface area contributed by atoms with E-state index in [4.69, 9.17) is 29.2 Å². The van der Waals surface area contributed by atoms with Gasteiger partial charge >= 0.3 is 0 Å². The van der Waals surface area contributed by atoms with Crippen molar-refractivity contribution >= 4 is 0 Å². The van der Waals surface area contributed by atoms with Crippen molar-refractivity contribution < 1.29 is 23.7 Å². The van der Waals surface area contributed by atoms with E-state index in [0.717, 1.165) is 18.9 Å². The topological polar surface area (TPSA) is 94.9 Å². The van der Waals surface area contributed by atoms with Crippen LogP contribution in [0.4, 0.5) is 0 Å². The van der Waals surface area contributed by atoms with Crippen molar-refractivity contribution in [2.24, 2.45) is 11.0 Å². The lowest BCUT2D eigenvalue weighted by Crippen LogP contribution is -2.13. The van der Waals surface area contributed by atoms with Crippen LogP contribution in [0.2, 0.25) is 0 Å². The van der Waals surface area contributed by atoms with Crippen molar-refractivity contribution in [3.63, 3.8) is 0 Å². The fraction of sp³-hybridized carbons (Fsp3) is 1.00. The zero-order valence-electron chi connectivity index (χ0n) is 15.2. The van der Waals surface area contributed by atoms with Gasteiger partial charge in [0.05, 0.1) is 59.5 Å². The van der Waals surface area contributed by atoms with Crippen LogP contribution >= 0.6 is 0 Å². The summed E-state index contributed by atoms with van der Waals surface area (Å²) < 4.78 is 26.8. The molecule has 0 aromatic rings. The van der Waals surface area contributed by atoms with Gasteiger partial charge in [-0.05, 0) is 24.3 Å². The quantitative estimate of drug-likeness (QED) is 0.155. The normalized spacial score (nSPS) is 11.0. The molecule has 0 radical (unpaired) electrons. The van der Waals surface area contributed by atoms with Gasteiger partial charge in [-0.2, -0.15) is 0 Å². The van der Waals surface area contributed by atoms with Crippen molar-refractivity contribution in [2.75, 3.05) is 72.6 Å². The first-order chi connectivity index (χ1) is 11.8. The SMILES string of the molecule is CC(C)CCCOCCOCCOCCOCCOCCN=[N+]=[N-]. The molecular weight excluding hydrogens is 314 g/mol. The lowest BCUT2D eigenvalue weighted by molar-refractivity contribution is -0.0108. The smallest absolute Gasteiger partial charge is 0.0701 e. The summed E-state index contributed by atoms with van der Waals surface area (Å²) in [6.07, 6.45) is 2.32. The second-order valence-electron chi connectivity index (χ2n) is 5.55. The Morgan fingerprint density at radius 3 is 1.54 bits per heavy atom. The number of azide groups is 1. The summed E-state index contributed by atoms with van der Waals surface area (Å²) in [7, 11) is 0. The number of nitrogens with zero attached hydrogens (tertiary/aromatic N) is 3. The molecule has 0 rings (SSSR count). The van der Waals surface area contributed by atoms with Crippen LogP contribution in [0.25, 0.3) is 10.4 Å². The van der Waals surface area contributed by atoms with Crippen LogP contribution in [0.3, 0.4) is 0 Å². The Labute approximate surface area is 145 Å². The average molecular weight is 347 g/mol. The van der Waals surface area contributed by atoms with Gasteiger partial charge < -0.3 is 23.7 Å². The molecule has 0 spiro atoms. The molecule has 24 heavy (non-hydrogen) atoms. The fourth-order valence-corrected chi connectivity index (χ4v) is 1.73. The van der Waals surface area contributed by atoms with E-state index in [1.165, 1.54) is 6.42 Å². The van der Waals surface area contributed by atoms with E-state index in [2.05, 4.69) is 23.9 Å². The summed E-state index contributed by atoms with van der Waals surface area (Å²) in [5.41, 5.74) is 8.07. The Kier molecular flexibility index (Phi) is 19.4. The first-order valence-corrected chi connectivity index (χ1v) is 8.67. The predicted octanol–water partition coefficient (Wildman–Crippen LogP) is 2.82. The maximum absolute atomic E-state index is 8.07. The highest BCUT2D eigenvalue weighted by Crippen LogP contribution is 2.02. The highest BCUT2D eigenvalue weighted by atomic mass is 16.6. The maximum atomic E-state index is 8.07. The molecule has 0 amide bonds. The molecule has 8 heteroatoms. The summed E-state index contributed by atoms with van der Waals surface area (Å²) in [4.78, 5) is 2.63. The first kappa shape index (κ1) is 23.1. The average Bonchev–Trinajstić information content (AvgIpc) is 2.56. The van der Waals surface area contributed by atoms with Gasteiger partial charge in [0.1, 0.15) is 0 Å². The lowest BCUT2D eigenvalue weighted by atomic mass is 10.1. The van der Waals surface area contributed by atoms with Crippen molar-refractivity contribution in [3.05, 3.63) is 10.4 Å². The third-order valence-corrected chi connectivity index (χ3v) is 2.96. The van der Waals surface area contributed by atoms with E-state index < -0.39 is 0 Å². The molecule has 0 bridgehead atoms. The summed E-state index contributed by atoms with van der Waals surface area (Å²) in [5.74, 6) is 0.739. The second-order valence-corrected chi connectivity index (χ2v) is 5.55. The summed E-state index contributed by atoms with van der Waals surface area (Å²) in [6.45, 7) is 10.4. The molecule has 0 aliphatic rings. The predicted molar refractivity (Wildman–Crippen MR) is 92.2 cm³/mol. The molecule has 0 aromatic heterocycles. The van der Waals surface area contributed by atoms with Crippen molar-refractivity contribution in [1.82, 2.24) is 0 Å². The van der Waals surface area contributed by atoms with Crippen LogP contribution in [0.15, 0.2) is 5.11 Å². The minimum atomic E-state index is 0.350. The Bertz CT molecular complexity index is 299. The van der Waals surface area contributed by atoms with E-state index in [1.807, 2.05) is 0 Å². The van der Waals surface area contributed by atoms with Gasteiger partial charge in [-0.25, -0.2) is 0 Å². The Hall–Kier alpha value is -0.890. The minimum absolute atomic E-state index is 0.350. The van der Waals surface area contributed by atoms with Gasteiger partial charge in [-0.1, -0.05) is 19.0 Å². The van der Waals surface area contributed by atoms with Crippen molar-refractivity contribution in [2.45, 2.75) is 26.7 Å². The molecular formula is C16H33N3O5. The summed E-state index contributed by atoms with van der Waals surface area (Å²) >= 11 is 0. The van der Waals surface area contributed by atoms with Crippen LogP contribution in [-0.4, -0.2) is 72.6 Å². The largest absolute Gasteiger partial charge is 0.379 e. The van der Waals surface area contributed by atoms with Crippen LogP contribution in [0.5, 0.6) is 0 Å². The molecule has 0 aromatic carbocycles. The molecule has 0 aliphatic carbocycles. The molecule has 0 fully saturated rings. The van der Waals surface area contributed by atoms with Gasteiger partial charge in [0.15, 0.2) is 0 Å². The number of ether oxygens (including phenoxy) is 5. The molecule has 8 nitrogen and oxygen atoms in total. The maximum Gasteiger partial charge on any atom is 0.0701 e. The van der Waals surface area contributed by atoms with Crippen molar-refractivity contribution in [3.8, 4) is 0 Å². The Balaban J connectivity index is 2.99. The van der Waals surface area contributed by atoms with Crippen molar-refractivity contribution in [1.29, 1.82) is 0 Å². The highest BCUT2D eigenvalue weighted by molar-refractivity contribution is 4.45. The van der Waals surface area contributed by atoms with Crippen LogP contribution in [-0.2, 0) is 23.7 Å². The number of hydrogen-bond acceptors (Lipinski definition) is 6. The van der Waals surface area contributed by atoms with Crippen LogP contribution in [0, 0.1) is 5.92 Å². The highest BCUT2D eigenvalue weighted by Gasteiger charge is 1.95. The molecule has 0 atom stereocenters. The van der Waals surface area contributed by atoms with Crippen LogP contribution < -0.4 is 0 Å². The Morgan fingerprint density at radius 1 is 0.708 bits per heavy atom. The minimum Gasteiger partial charge on any atom is -0.379 e. The third kappa shape index (κ3) is 21.1. The second kappa shape index (κ2) is 20.2. The lowest BCUT2D eigenvalue weighted by Gasteiger charge is -2.08. The number of rotatable bonds is 19. The van der Waals surface area contributed by atoms with E-state index in [-0.39, 0.29) is 0 Å². The number of hydrogen-bond donors (Lipinski definition) is 0. The molecule has 0 heterocycles. The van der Waals surface area contributed by atoms with Gasteiger partial charge in [0.2, 0.25) is 0 Å². The first-order valence-electron chi connectivity index (χ1n) is 8.67. The zero-order valence-corrected chi connectivity index (χ0v) is 15.2. The van der Waals surface area contributed by atoms with E-state index in [9.17, 15) is 0 Å². The van der Waals surface area contributed by atoms with E-state index in [1.54, 1.807) is 0 Å². The zero-order chi connectivity index (χ0) is 17.7. The van der Waals surface area contributed by atoms with Crippen LogP contribution in [0.1, 0.15) is 26.7 Å². The van der Waals surface area contributed by atoms with Gasteiger partial charge in [-0.15, -0.1) is 0 Å². The molecule has 0 saturated carbocycles. The monoisotopic (exact) mass is 347 g/mol. The molecule has 0 N–H and O–H groups in total.